The topological polar surface area (TPSA) is 63.7 Å². The van der Waals surface area contributed by atoms with Crippen LogP contribution < -0.4 is 5.32 Å². The van der Waals surface area contributed by atoms with E-state index in [-0.39, 0.29) is 11.7 Å². The van der Waals surface area contributed by atoms with Crippen molar-refractivity contribution in [1.82, 2.24) is 18.8 Å². The van der Waals surface area contributed by atoms with E-state index in [1.807, 2.05) is 64.0 Å². The van der Waals surface area contributed by atoms with E-state index in [2.05, 4.69) is 15.3 Å². The summed E-state index contributed by atoms with van der Waals surface area (Å²) in [7, 11) is 0. The third kappa shape index (κ3) is 3.51. The molecule has 0 bridgehead atoms. The maximum atomic E-state index is 13.2. The summed E-state index contributed by atoms with van der Waals surface area (Å²) in [6.07, 6.45) is 5.82. The lowest BCUT2D eigenvalue weighted by Crippen LogP contribution is -2.11. The van der Waals surface area contributed by atoms with Crippen LogP contribution >= 0.6 is 22.7 Å². The number of nitrogens with zero attached hydrogens (tertiary/aromatic N) is 4. The molecule has 0 spiro atoms. The van der Waals surface area contributed by atoms with Crippen molar-refractivity contribution in [2.24, 2.45) is 0 Å². The van der Waals surface area contributed by atoms with Gasteiger partial charge in [-0.15, -0.1) is 11.3 Å². The molecule has 1 N–H and O–H groups in total. The highest BCUT2D eigenvalue weighted by Gasteiger charge is 2.19. The number of amides is 1. The summed E-state index contributed by atoms with van der Waals surface area (Å²) in [6.45, 7) is 1.89. The first kappa shape index (κ1) is 19.8. The van der Waals surface area contributed by atoms with E-state index in [4.69, 9.17) is 0 Å². The number of carbonyl (C=O) groups excluding carboxylic acids is 1. The molecule has 0 saturated heterocycles. The molecular weight excluding hydrogens is 457 g/mol. The van der Waals surface area contributed by atoms with Gasteiger partial charge in [0.1, 0.15) is 10.7 Å². The van der Waals surface area contributed by atoms with E-state index in [1.165, 1.54) is 23.5 Å². The van der Waals surface area contributed by atoms with Crippen LogP contribution in [0.2, 0.25) is 0 Å². The lowest BCUT2D eigenvalue weighted by atomic mass is 10.1. The predicted molar refractivity (Wildman–Crippen MR) is 130 cm³/mol. The molecule has 6 rings (SSSR count). The van der Waals surface area contributed by atoms with Crippen molar-refractivity contribution in [2.75, 3.05) is 5.32 Å². The molecule has 162 valence electrons. The highest BCUT2D eigenvalue weighted by atomic mass is 32.1. The van der Waals surface area contributed by atoms with Crippen LogP contribution in [-0.2, 0) is 0 Å². The fourth-order valence-corrected chi connectivity index (χ4v) is 5.44. The van der Waals surface area contributed by atoms with Gasteiger partial charge in [0.2, 0.25) is 0 Å². The van der Waals surface area contributed by atoms with Gasteiger partial charge in [0.15, 0.2) is 9.92 Å². The number of halogens is 1. The zero-order valence-corrected chi connectivity index (χ0v) is 19.0. The van der Waals surface area contributed by atoms with E-state index >= 15 is 0 Å². The van der Waals surface area contributed by atoms with Crippen molar-refractivity contribution in [3.05, 3.63) is 88.9 Å². The van der Waals surface area contributed by atoms with Gasteiger partial charge >= 0.3 is 0 Å². The molecular formula is C24H16FN5OS2. The zero-order valence-electron chi connectivity index (χ0n) is 17.3. The Labute approximate surface area is 195 Å². The van der Waals surface area contributed by atoms with Gasteiger partial charge in [-0.2, -0.15) is 0 Å². The summed E-state index contributed by atoms with van der Waals surface area (Å²) in [5.41, 5.74) is 4.87. The quantitative estimate of drug-likeness (QED) is 0.335. The molecule has 4 heterocycles. The number of aryl methyl sites for hydroxylation is 1. The van der Waals surface area contributed by atoms with E-state index in [0.717, 1.165) is 33.2 Å². The van der Waals surface area contributed by atoms with Crippen LogP contribution in [0, 0.1) is 12.7 Å². The van der Waals surface area contributed by atoms with Gasteiger partial charge in [0.05, 0.1) is 11.4 Å². The minimum absolute atomic E-state index is 0.186. The second-order valence-corrected chi connectivity index (χ2v) is 9.41. The van der Waals surface area contributed by atoms with Crippen LogP contribution in [0.5, 0.6) is 0 Å². The normalized spacial score (nSPS) is 11.5. The number of fused-ring (bicyclic) bond motifs is 2. The monoisotopic (exact) mass is 473 g/mol. The fraction of sp³-hybridized carbons (Fsp3) is 0.0417. The van der Waals surface area contributed by atoms with E-state index in [9.17, 15) is 9.18 Å². The minimum atomic E-state index is -0.285. The molecule has 1 amide bonds. The van der Waals surface area contributed by atoms with Gasteiger partial charge < -0.3 is 5.32 Å². The van der Waals surface area contributed by atoms with Crippen LogP contribution in [0.3, 0.4) is 0 Å². The Morgan fingerprint density at radius 2 is 1.79 bits per heavy atom. The van der Waals surface area contributed by atoms with Gasteiger partial charge in [0, 0.05) is 46.5 Å². The maximum absolute atomic E-state index is 13.2. The molecule has 0 radical (unpaired) electrons. The van der Waals surface area contributed by atoms with E-state index in [0.29, 0.717) is 15.5 Å². The number of imidazole rings is 2. The average Bonchev–Trinajstić information content (AvgIpc) is 3.56. The average molecular weight is 474 g/mol. The Morgan fingerprint density at radius 1 is 1.00 bits per heavy atom. The van der Waals surface area contributed by atoms with Crippen LogP contribution in [0.1, 0.15) is 15.4 Å². The molecule has 6 nitrogen and oxygen atoms in total. The highest BCUT2D eigenvalue weighted by molar-refractivity contribution is 7.19. The SMILES string of the molecule is Cc1c(C(=O)Nc2cccc(-c3cn4ccsc4n3)c2)sc2nc(-c3ccc(F)cc3)cn12. The summed E-state index contributed by atoms with van der Waals surface area (Å²) in [6, 6.07) is 13.9. The number of rotatable bonds is 4. The van der Waals surface area contributed by atoms with Crippen molar-refractivity contribution in [2.45, 2.75) is 6.92 Å². The fourth-order valence-electron chi connectivity index (χ4n) is 3.73. The highest BCUT2D eigenvalue weighted by Crippen LogP contribution is 2.29. The minimum Gasteiger partial charge on any atom is -0.321 e. The Balaban J connectivity index is 1.26. The Kier molecular flexibility index (Phi) is 4.60. The zero-order chi connectivity index (χ0) is 22.5. The van der Waals surface area contributed by atoms with E-state index in [1.54, 1.807) is 23.5 Å². The van der Waals surface area contributed by atoms with Crippen LogP contribution in [0.15, 0.2) is 72.5 Å². The maximum Gasteiger partial charge on any atom is 0.267 e. The molecule has 9 heteroatoms. The number of hydrogen-bond donors (Lipinski definition) is 1. The van der Waals surface area contributed by atoms with Gasteiger partial charge in [-0.05, 0) is 43.3 Å². The largest absolute Gasteiger partial charge is 0.321 e. The molecule has 0 atom stereocenters. The number of nitrogens with one attached hydrogen (secondary N) is 1. The van der Waals surface area contributed by atoms with Crippen molar-refractivity contribution in [1.29, 1.82) is 0 Å². The summed E-state index contributed by atoms with van der Waals surface area (Å²) in [5.74, 6) is -0.471. The van der Waals surface area contributed by atoms with E-state index < -0.39 is 0 Å². The van der Waals surface area contributed by atoms with Gasteiger partial charge in [0.25, 0.3) is 5.91 Å². The van der Waals surface area contributed by atoms with Gasteiger partial charge in [-0.1, -0.05) is 23.5 Å². The second kappa shape index (κ2) is 7.65. The number of carbonyl (C=O) groups is 1. The van der Waals surface area contributed by atoms with Crippen molar-refractivity contribution < 1.29 is 9.18 Å². The number of anilines is 1. The summed E-state index contributed by atoms with van der Waals surface area (Å²) in [4.78, 5) is 24.5. The first-order valence-electron chi connectivity index (χ1n) is 10.1. The number of hydrogen-bond acceptors (Lipinski definition) is 5. The Morgan fingerprint density at radius 3 is 2.58 bits per heavy atom. The summed E-state index contributed by atoms with van der Waals surface area (Å²) >= 11 is 2.90. The van der Waals surface area contributed by atoms with Gasteiger partial charge in [-0.3, -0.25) is 13.6 Å². The van der Waals surface area contributed by atoms with Crippen LogP contribution in [0.25, 0.3) is 32.4 Å². The van der Waals surface area contributed by atoms with Crippen LogP contribution in [0.4, 0.5) is 10.1 Å². The Hall–Kier alpha value is -3.82. The first-order valence-corrected chi connectivity index (χ1v) is 11.8. The number of benzene rings is 2. The molecule has 0 unspecified atom stereocenters. The molecule has 0 aliphatic carbocycles. The van der Waals surface area contributed by atoms with Crippen molar-refractivity contribution >= 4 is 44.2 Å². The molecule has 0 aliphatic rings. The summed E-state index contributed by atoms with van der Waals surface area (Å²) < 4.78 is 17.1. The second-order valence-electron chi connectivity index (χ2n) is 7.56. The van der Waals surface area contributed by atoms with Crippen molar-refractivity contribution in [3.63, 3.8) is 0 Å². The van der Waals surface area contributed by atoms with Gasteiger partial charge in [-0.25, -0.2) is 14.4 Å². The lowest BCUT2D eigenvalue weighted by Gasteiger charge is -2.06. The number of aromatic nitrogens is 4. The molecule has 4 aromatic heterocycles. The molecule has 0 fully saturated rings. The lowest BCUT2D eigenvalue weighted by molar-refractivity contribution is 0.102. The third-order valence-electron chi connectivity index (χ3n) is 5.41. The number of thiazole rings is 2. The summed E-state index contributed by atoms with van der Waals surface area (Å²) in [5, 5.41) is 4.99. The van der Waals surface area contributed by atoms with Crippen molar-refractivity contribution in [3.8, 4) is 22.5 Å². The standard InChI is InChI=1S/C24H16FN5OS2/c1-14-21(33-24-28-20(13-30(14)24)15-5-7-17(25)8-6-15)22(31)26-18-4-2-3-16(11-18)19-12-29-9-10-32-23(29)27-19/h2-13H,1H3,(H,26,31). The molecule has 0 aliphatic heterocycles. The third-order valence-corrected chi connectivity index (χ3v) is 7.34. The molecule has 33 heavy (non-hydrogen) atoms. The smallest absolute Gasteiger partial charge is 0.267 e. The molecule has 6 aromatic rings. The predicted octanol–water partition coefficient (Wildman–Crippen LogP) is 6.14. The first-order chi connectivity index (χ1) is 16.0. The molecule has 0 saturated carbocycles. The van der Waals surface area contributed by atoms with Crippen LogP contribution in [-0.4, -0.2) is 24.7 Å². The Bertz CT molecular complexity index is 1610. The molecule has 2 aromatic carbocycles.